The summed E-state index contributed by atoms with van der Waals surface area (Å²) in [6.45, 7) is 4.33. The smallest absolute Gasteiger partial charge is 0.394 e. The van der Waals surface area contributed by atoms with Gasteiger partial charge in [-0.05, 0) is 37.6 Å². The number of nitrogens with zero attached hydrogens (tertiary/aromatic N) is 2. The van der Waals surface area contributed by atoms with Crippen LogP contribution in [0, 0.1) is 0 Å². The van der Waals surface area contributed by atoms with Gasteiger partial charge in [0.15, 0.2) is 5.69 Å². The zero-order valence-corrected chi connectivity index (χ0v) is 12.4. The number of aliphatic hydroxyl groups excluding tert-OH is 1. The highest BCUT2D eigenvalue weighted by atomic mass is 19.4. The predicted octanol–water partition coefficient (Wildman–Crippen LogP) is 2.75. The first-order chi connectivity index (χ1) is 10.2. The van der Waals surface area contributed by atoms with Crippen LogP contribution in [-0.2, 0) is 12.7 Å². The van der Waals surface area contributed by atoms with Crippen molar-refractivity contribution in [2.75, 3.05) is 6.61 Å². The van der Waals surface area contributed by atoms with Gasteiger partial charge in [-0.1, -0.05) is 12.1 Å². The van der Waals surface area contributed by atoms with Crippen LogP contribution in [0.25, 0.3) is 5.69 Å². The van der Waals surface area contributed by atoms with Crippen molar-refractivity contribution in [2.45, 2.75) is 32.1 Å². The second-order valence-corrected chi connectivity index (χ2v) is 5.71. The minimum Gasteiger partial charge on any atom is -0.394 e. The van der Waals surface area contributed by atoms with Crippen molar-refractivity contribution in [3.63, 3.8) is 0 Å². The van der Waals surface area contributed by atoms with Crippen molar-refractivity contribution in [1.82, 2.24) is 15.1 Å². The molecule has 4 nitrogen and oxygen atoms in total. The molecule has 0 fully saturated rings. The number of hydrogen-bond acceptors (Lipinski definition) is 3. The van der Waals surface area contributed by atoms with Gasteiger partial charge >= 0.3 is 6.18 Å². The average Bonchev–Trinajstić information content (AvgIpc) is 2.96. The van der Waals surface area contributed by atoms with E-state index in [-0.39, 0.29) is 12.1 Å². The van der Waals surface area contributed by atoms with Gasteiger partial charge in [-0.3, -0.25) is 0 Å². The van der Waals surface area contributed by atoms with E-state index in [2.05, 4.69) is 10.4 Å². The minimum absolute atomic E-state index is 0.0125. The molecule has 120 valence electrons. The summed E-state index contributed by atoms with van der Waals surface area (Å²) in [6.07, 6.45) is -3.16. The summed E-state index contributed by atoms with van der Waals surface area (Å²) in [7, 11) is 0. The van der Waals surface area contributed by atoms with E-state index in [1.54, 1.807) is 12.1 Å². The Labute approximate surface area is 126 Å². The fourth-order valence-corrected chi connectivity index (χ4v) is 1.78. The second kappa shape index (κ2) is 6.10. The van der Waals surface area contributed by atoms with Crippen molar-refractivity contribution >= 4 is 0 Å². The standard InChI is InChI=1S/C15H18F3N3O/c1-14(2,10-22)19-9-11-3-5-12(6-4-11)21-8-7-13(20-21)15(16,17)18/h3-8,19,22H,9-10H2,1-2H3. The van der Waals surface area contributed by atoms with E-state index in [1.807, 2.05) is 26.0 Å². The van der Waals surface area contributed by atoms with E-state index in [0.29, 0.717) is 12.2 Å². The van der Waals surface area contributed by atoms with Gasteiger partial charge < -0.3 is 10.4 Å². The number of alkyl halides is 3. The fourth-order valence-electron chi connectivity index (χ4n) is 1.78. The first-order valence-corrected chi connectivity index (χ1v) is 6.79. The average molecular weight is 313 g/mol. The summed E-state index contributed by atoms with van der Waals surface area (Å²) >= 11 is 0. The molecule has 0 atom stereocenters. The van der Waals surface area contributed by atoms with Crippen LogP contribution in [0.1, 0.15) is 25.1 Å². The SMILES string of the molecule is CC(C)(CO)NCc1ccc(-n2ccc(C(F)(F)F)n2)cc1. The topological polar surface area (TPSA) is 50.1 Å². The lowest BCUT2D eigenvalue weighted by Crippen LogP contribution is -2.42. The Balaban J connectivity index is 2.07. The lowest BCUT2D eigenvalue weighted by molar-refractivity contribution is -0.141. The zero-order chi connectivity index (χ0) is 16.4. The molecule has 2 aromatic rings. The third kappa shape index (κ3) is 4.08. The molecule has 22 heavy (non-hydrogen) atoms. The maximum absolute atomic E-state index is 12.5. The predicted molar refractivity (Wildman–Crippen MR) is 76.6 cm³/mol. The fraction of sp³-hybridized carbons (Fsp3) is 0.400. The van der Waals surface area contributed by atoms with Crippen LogP contribution in [0.15, 0.2) is 36.5 Å². The van der Waals surface area contributed by atoms with E-state index >= 15 is 0 Å². The molecule has 0 amide bonds. The molecule has 0 bridgehead atoms. The highest BCUT2D eigenvalue weighted by Gasteiger charge is 2.33. The van der Waals surface area contributed by atoms with Crippen molar-refractivity contribution < 1.29 is 18.3 Å². The summed E-state index contributed by atoms with van der Waals surface area (Å²) in [5.74, 6) is 0. The van der Waals surface area contributed by atoms with Gasteiger partial charge in [0, 0.05) is 18.3 Å². The van der Waals surface area contributed by atoms with Gasteiger partial charge in [-0.25, -0.2) is 4.68 Å². The molecular formula is C15H18F3N3O. The van der Waals surface area contributed by atoms with Gasteiger partial charge in [-0.15, -0.1) is 0 Å². The summed E-state index contributed by atoms with van der Waals surface area (Å²) < 4.78 is 38.8. The molecule has 7 heteroatoms. The third-order valence-corrected chi connectivity index (χ3v) is 3.25. The molecular weight excluding hydrogens is 295 g/mol. The molecule has 0 saturated carbocycles. The van der Waals surface area contributed by atoms with Crippen molar-refractivity contribution in [2.24, 2.45) is 0 Å². The van der Waals surface area contributed by atoms with E-state index in [1.165, 1.54) is 10.9 Å². The molecule has 0 unspecified atom stereocenters. The number of halogens is 3. The Bertz CT molecular complexity index is 618. The number of hydrogen-bond donors (Lipinski definition) is 2. The number of aliphatic hydroxyl groups is 1. The number of nitrogens with one attached hydrogen (secondary N) is 1. The van der Waals surface area contributed by atoms with E-state index in [4.69, 9.17) is 5.11 Å². The van der Waals surface area contributed by atoms with Gasteiger partial charge in [-0.2, -0.15) is 18.3 Å². The van der Waals surface area contributed by atoms with Crippen LogP contribution >= 0.6 is 0 Å². The van der Waals surface area contributed by atoms with Crippen LogP contribution in [0.5, 0.6) is 0 Å². The maximum Gasteiger partial charge on any atom is 0.435 e. The molecule has 2 rings (SSSR count). The Kier molecular flexibility index (Phi) is 4.58. The highest BCUT2D eigenvalue weighted by molar-refractivity contribution is 5.34. The normalized spacial score (nSPS) is 12.6. The summed E-state index contributed by atoms with van der Waals surface area (Å²) in [5, 5.41) is 15.9. The largest absolute Gasteiger partial charge is 0.435 e. The number of benzene rings is 1. The lowest BCUT2D eigenvalue weighted by Gasteiger charge is -2.23. The second-order valence-electron chi connectivity index (χ2n) is 5.71. The van der Waals surface area contributed by atoms with E-state index < -0.39 is 11.9 Å². The Morgan fingerprint density at radius 1 is 1.14 bits per heavy atom. The summed E-state index contributed by atoms with van der Waals surface area (Å²) in [4.78, 5) is 0. The van der Waals surface area contributed by atoms with Crippen LogP contribution in [-0.4, -0.2) is 27.0 Å². The lowest BCUT2D eigenvalue weighted by atomic mass is 10.1. The number of aromatic nitrogens is 2. The molecule has 2 N–H and O–H groups in total. The Hall–Kier alpha value is -1.86. The highest BCUT2D eigenvalue weighted by Crippen LogP contribution is 2.27. The number of rotatable bonds is 5. The van der Waals surface area contributed by atoms with Gasteiger partial charge in [0.1, 0.15) is 0 Å². The quantitative estimate of drug-likeness (QED) is 0.892. The molecule has 1 heterocycles. The van der Waals surface area contributed by atoms with Gasteiger partial charge in [0.2, 0.25) is 0 Å². The Morgan fingerprint density at radius 2 is 1.77 bits per heavy atom. The van der Waals surface area contributed by atoms with Crippen molar-refractivity contribution in [3.05, 3.63) is 47.8 Å². The summed E-state index contributed by atoms with van der Waals surface area (Å²) in [6, 6.07) is 7.97. The third-order valence-electron chi connectivity index (χ3n) is 3.25. The molecule has 0 radical (unpaired) electrons. The van der Waals surface area contributed by atoms with Crippen LogP contribution < -0.4 is 5.32 Å². The molecule has 0 spiro atoms. The molecule has 1 aromatic carbocycles. The van der Waals surface area contributed by atoms with Gasteiger partial charge in [0.05, 0.1) is 12.3 Å². The van der Waals surface area contributed by atoms with Crippen molar-refractivity contribution in [3.8, 4) is 5.69 Å². The first-order valence-electron chi connectivity index (χ1n) is 6.79. The van der Waals surface area contributed by atoms with Crippen LogP contribution in [0.4, 0.5) is 13.2 Å². The molecule has 0 aliphatic rings. The van der Waals surface area contributed by atoms with E-state index in [0.717, 1.165) is 11.6 Å². The Morgan fingerprint density at radius 3 is 2.27 bits per heavy atom. The van der Waals surface area contributed by atoms with Crippen LogP contribution in [0.2, 0.25) is 0 Å². The molecule has 1 aromatic heterocycles. The monoisotopic (exact) mass is 313 g/mol. The first kappa shape index (κ1) is 16.5. The molecule has 0 aliphatic heterocycles. The molecule has 0 aliphatic carbocycles. The molecule has 0 saturated heterocycles. The van der Waals surface area contributed by atoms with Crippen molar-refractivity contribution in [1.29, 1.82) is 0 Å². The maximum atomic E-state index is 12.5. The summed E-state index contributed by atoms with van der Waals surface area (Å²) in [5.41, 5.74) is 0.222. The zero-order valence-electron chi connectivity index (χ0n) is 12.4. The van der Waals surface area contributed by atoms with Gasteiger partial charge in [0.25, 0.3) is 0 Å². The van der Waals surface area contributed by atoms with Crippen LogP contribution in [0.3, 0.4) is 0 Å². The minimum atomic E-state index is -4.44. The van der Waals surface area contributed by atoms with E-state index in [9.17, 15) is 13.2 Å².